The van der Waals surface area contributed by atoms with Gasteiger partial charge in [0.1, 0.15) is 6.23 Å². The Bertz CT molecular complexity index is 190. The SMILES string of the molecule is CCCC.CCCCCCCCNC(C)O[PH](=O)O. The summed E-state index contributed by atoms with van der Waals surface area (Å²) >= 11 is 0. The third-order valence-electron chi connectivity index (χ3n) is 2.74. The van der Waals surface area contributed by atoms with Gasteiger partial charge in [0, 0.05) is 0 Å². The number of hydrogen-bond acceptors (Lipinski definition) is 3. The van der Waals surface area contributed by atoms with Gasteiger partial charge in [-0.1, -0.05) is 65.7 Å². The third kappa shape index (κ3) is 23.6. The average molecular weight is 295 g/mol. The van der Waals surface area contributed by atoms with Crippen molar-refractivity contribution in [3.63, 3.8) is 0 Å². The van der Waals surface area contributed by atoms with Crippen LogP contribution in [0.5, 0.6) is 0 Å². The predicted octanol–water partition coefficient (Wildman–Crippen LogP) is 4.49. The largest absolute Gasteiger partial charge is 0.326 e. The monoisotopic (exact) mass is 295 g/mol. The number of unbranched alkanes of at least 4 members (excludes halogenated alkanes) is 6. The van der Waals surface area contributed by atoms with Crippen LogP contribution in [0.15, 0.2) is 0 Å². The van der Waals surface area contributed by atoms with Crippen molar-refractivity contribution in [2.45, 2.75) is 85.3 Å². The van der Waals surface area contributed by atoms with Crippen molar-refractivity contribution in [1.82, 2.24) is 5.32 Å². The van der Waals surface area contributed by atoms with E-state index in [4.69, 9.17) is 4.89 Å². The number of nitrogens with one attached hydrogen (secondary N) is 1. The predicted molar refractivity (Wildman–Crippen MR) is 83.7 cm³/mol. The maximum absolute atomic E-state index is 10.3. The van der Waals surface area contributed by atoms with E-state index in [2.05, 4.69) is 30.6 Å². The first-order chi connectivity index (χ1) is 9.08. The van der Waals surface area contributed by atoms with Crippen LogP contribution >= 0.6 is 8.25 Å². The van der Waals surface area contributed by atoms with Crippen LogP contribution in [0.1, 0.15) is 79.1 Å². The Morgan fingerprint density at radius 3 is 2.00 bits per heavy atom. The van der Waals surface area contributed by atoms with E-state index in [-0.39, 0.29) is 6.23 Å². The van der Waals surface area contributed by atoms with Gasteiger partial charge < -0.3 is 4.89 Å². The van der Waals surface area contributed by atoms with Crippen LogP contribution in [0, 0.1) is 0 Å². The molecule has 0 aromatic carbocycles. The molecule has 0 aliphatic carbocycles. The van der Waals surface area contributed by atoms with Crippen molar-refractivity contribution in [1.29, 1.82) is 0 Å². The maximum atomic E-state index is 10.3. The Labute approximate surface area is 120 Å². The fraction of sp³-hybridized carbons (Fsp3) is 1.00. The van der Waals surface area contributed by atoms with E-state index in [1.54, 1.807) is 6.92 Å². The van der Waals surface area contributed by atoms with Crippen LogP contribution in [-0.2, 0) is 9.09 Å². The Morgan fingerprint density at radius 2 is 1.53 bits per heavy atom. The molecule has 0 aromatic rings. The molecule has 2 unspecified atom stereocenters. The second-order valence-electron chi connectivity index (χ2n) is 4.75. The average Bonchev–Trinajstić information content (AvgIpc) is 2.37. The molecule has 2 N–H and O–H groups in total. The van der Waals surface area contributed by atoms with Crippen LogP contribution in [0.3, 0.4) is 0 Å². The van der Waals surface area contributed by atoms with Gasteiger partial charge in [0.05, 0.1) is 0 Å². The van der Waals surface area contributed by atoms with Crippen molar-refractivity contribution < 1.29 is 14.0 Å². The topological polar surface area (TPSA) is 58.6 Å². The molecule has 0 radical (unpaired) electrons. The number of rotatable bonds is 11. The second kappa shape index (κ2) is 18.1. The van der Waals surface area contributed by atoms with Crippen LogP contribution in [0.25, 0.3) is 0 Å². The molecule has 0 heterocycles. The highest BCUT2D eigenvalue weighted by Crippen LogP contribution is 2.16. The molecule has 0 rings (SSSR count). The van der Waals surface area contributed by atoms with E-state index in [0.717, 1.165) is 13.0 Å². The molecule has 19 heavy (non-hydrogen) atoms. The summed E-state index contributed by atoms with van der Waals surface area (Å²) < 4.78 is 15.0. The third-order valence-corrected chi connectivity index (χ3v) is 3.29. The molecule has 0 aliphatic heterocycles. The Balaban J connectivity index is 0. The summed E-state index contributed by atoms with van der Waals surface area (Å²) in [7, 11) is -2.80. The standard InChI is InChI=1S/C10H24NO3P.C4H10/c1-3-4-5-6-7-8-9-11-10(2)14-15(12)13;1-3-4-2/h10-11,15H,3-9H2,1-2H3,(H,12,13);3-4H2,1-2H3. The molecular formula is C14H34NO3P. The molecule has 0 aromatic heterocycles. The molecule has 5 heteroatoms. The van der Waals surface area contributed by atoms with Crippen molar-refractivity contribution in [2.24, 2.45) is 0 Å². The summed E-state index contributed by atoms with van der Waals surface area (Å²) in [4.78, 5) is 8.51. The second-order valence-corrected chi connectivity index (χ2v) is 5.52. The quantitative estimate of drug-likeness (QED) is 0.335. The van der Waals surface area contributed by atoms with E-state index in [0.29, 0.717) is 0 Å². The lowest BCUT2D eigenvalue weighted by atomic mass is 10.1. The van der Waals surface area contributed by atoms with Gasteiger partial charge in [0.15, 0.2) is 0 Å². The molecule has 0 bridgehead atoms. The van der Waals surface area contributed by atoms with E-state index < -0.39 is 8.25 Å². The lowest BCUT2D eigenvalue weighted by Gasteiger charge is -2.12. The molecule has 4 nitrogen and oxygen atoms in total. The highest BCUT2D eigenvalue weighted by atomic mass is 31.1. The summed E-state index contributed by atoms with van der Waals surface area (Å²) in [6, 6.07) is 0. The zero-order chi connectivity index (χ0) is 14.9. The molecule has 0 aliphatic rings. The minimum atomic E-state index is -2.80. The molecule has 0 spiro atoms. The van der Waals surface area contributed by atoms with Gasteiger partial charge in [-0.15, -0.1) is 0 Å². The van der Waals surface area contributed by atoms with Crippen molar-refractivity contribution >= 4 is 8.25 Å². The first-order valence-corrected chi connectivity index (χ1v) is 8.97. The number of hydrogen-bond donors (Lipinski definition) is 2. The van der Waals surface area contributed by atoms with E-state index in [9.17, 15) is 4.57 Å². The van der Waals surface area contributed by atoms with Gasteiger partial charge in [-0.2, -0.15) is 0 Å². The highest BCUT2D eigenvalue weighted by molar-refractivity contribution is 7.32. The molecule has 0 saturated heterocycles. The van der Waals surface area contributed by atoms with Gasteiger partial charge in [-0.25, -0.2) is 0 Å². The Kier molecular flexibility index (Phi) is 20.4. The van der Waals surface area contributed by atoms with Crippen LogP contribution < -0.4 is 5.32 Å². The maximum Gasteiger partial charge on any atom is 0.318 e. The fourth-order valence-electron chi connectivity index (χ4n) is 1.40. The Hall–Kier alpha value is 0.110. The molecule has 2 atom stereocenters. The summed E-state index contributed by atoms with van der Waals surface area (Å²) in [6.07, 6.45) is 9.82. The minimum absolute atomic E-state index is 0.322. The fourth-order valence-corrected chi connectivity index (χ4v) is 1.79. The molecule has 0 amide bonds. The zero-order valence-electron chi connectivity index (χ0n) is 13.2. The zero-order valence-corrected chi connectivity index (χ0v) is 14.2. The van der Waals surface area contributed by atoms with Gasteiger partial charge >= 0.3 is 8.25 Å². The molecule has 0 fully saturated rings. The lowest BCUT2D eigenvalue weighted by Crippen LogP contribution is -2.27. The van der Waals surface area contributed by atoms with E-state index in [1.807, 2.05) is 0 Å². The van der Waals surface area contributed by atoms with Gasteiger partial charge in [0.2, 0.25) is 0 Å². The summed E-state index contributed by atoms with van der Waals surface area (Å²) in [5, 5.41) is 3.05. The summed E-state index contributed by atoms with van der Waals surface area (Å²) in [6.45, 7) is 9.16. The van der Waals surface area contributed by atoms with Gasteiger partial charge in [-0.3, -0.25) is 14.4 Å². The smallest absolute Gasteiger partial charge is 0.318 e. The first kappa shape index (κ1) is 21.4. The van der Waals surface area contributed by atoms with Gasteiger partial charge in [-0.05, 0) is 19.9 Å². The normalized spacial score (nSPS) is 13.5. The van der Waals surface area contributed by atoms with Crippen molar-refractivity contribution in [3.05, 3.63) is 0 Å². The molecule has 0 saturated carbocycles. The van der Waals surface area contributed by atoms with Crippen molar-refractivity contribution in [2.75, 3.05) is 6.54 Å². The lowest BCUT2D eigenvalue weighted by molar-refractivity contribution is 0.171. The summed E-state index contributed by atoms with van der Waals surface area (Å²) in [5.74, 6) is 0. The highest BCUT2D eigenvalue weighted by Gasteiger charge is 2.02. The van der Waals surface area contributed by atoms with Crippen LogP contribution in [-0.4, -0.2) is 17.7 Å². The Morgan fingerprint density at radius 1 is 1.00 bits per heavy atom. The van der Waals surface area contributed by atoms with Gasteiger partial charge in [0.25, 0.3) is 0 Å². The van der Waals surface area contributed by atoms with E-state index in [1.165, 1.54) is 44.9 Å². The van der Waals surface area contributed by atoms with Crippen LogP contribution in [0.2, 0.25) is 0 Å². The van der Waals surface area contributed by atoms with Crippen molar-refractivity contribution in [3.8, 4) is 0 Å². The molecule has 118 valence electrons. The van der Waals surface area contributed by atoms with Crippen LogP contribution in [0.4, 0.5) is 0 Å². The van der Waals surface area contributed by atoms with E-state index >= 15 is 0 Å². The molecular weight excluding hydrogens is 261 g/mol. The summed E-state index contributed by atoms with van der Waals surface area (Å²) in [5.41, 5.74) is 0. The minimum Gasteiger partial charge on any atom is -0.326 e. The first-order valence-electron chi connectivity index (χ1n) is 7.71.